The summed E-state index contributed by atoms with van der Waals surface area (Å²) in [7, 11) is 0. The van der Waals surface area contributed by atoms with E-state index in [9.17, 15) is 18.0 Å². The normalized spacial score (nSPS) is 11.3. The van der Waals surface area contributed by atoms with E-state index in [1.807, 2.05) is 0 Å². The van der Waals surface area contributed by atoms with Crippen LogP contribution in [0.5, 0.6) is 5.75 Å². The molecule has 0 spiro atoms. The summed E-state index contributed by atoms with van der Waals surface area (Å²) in [4.78, 5) is 10.5. The molecule has 3 nitrogen and oxygen atoms in total. The van der Waals surface area contributed by atoms with Crippen molar-refractivity contribution in [3.05, 3.63) is 29.3 Å². The molecule has 1 aromatic rings. The number of aldehydes is 1. The van der Waals surface area contributed by atoms with Crippen LogP contribution < -0.4 is 4.74 Å². The summed E-state index contributed by atoms with van der Waals surface area (Å²) in [6.07, 6.45) is -4.20. The van der Waals surface area contributed by atoms with Gasteiger partial charge in [-0.15, -0.1) is 0 Å². The van der Waals surface area contributed by atoms with Crippen LogP contribution in [0, 0.1) is 0 Å². The molecule has 18 heavy (non-hydrogen) atoms. The Labute approximate surface area is 103 Å². The number of ether oxygens (including phenoxy) is 2. The Morgan fingerprint density at radius 1 is 1.28 bits per heavy atom. The van der Waals surface area contributed by atoms with Gasteiger partial charge in [0.1, 0.15) is 18.6 Å². The highest BCUT2D eigenvalue weighted by molar-refractivity contribution is 5.75. The molecule has 0 unspecified atom stereocenters. The van der Waals surface area contributed by atoms with Gasteiger partial charge in [-0.2, -0.15) is 13.2 Å². The Morgan fingerprint density at radius 3 is 2.56 bits per heavy atom. The van der Waals surface area contributed by atoms with Crippen LogP contribution >= 0.6 is 0 Å². The number of carbonyl (C=O) groups excluding carboxylic acids is 1. The second-order valence-corrected chi connectivity index (χ2v) is 3.42. The van der Waals surface area contributed by atoms with Gasteiger partial charge in [0, 0.05) is 12.2 Å². The number of carbonyl (C=O) groups is 1. The molecule has 0 aliphatic carbocycles. The van der Waals surface area contributed by atoms with Crippen molar-refractivity contribution in [3.8, 4) is 5.75 Å². The molecule has 0 atom stereocenters. The van der Waals surface area contributed by atoms with Gasteiger partial charge in [0.15, 0.2) is 0 Å². The van der Waals surface area contributed by atoms with Gasteiger partial charge in [0.2, 0.25) is 0 Å². The molecule has 0 bridgehead atoms. The highest BCUT2D eigenvalue weighted by Crippen LogP contribution is 2.36. The quantitative estimate of drug-likeness (QED) is 0.584. The molecule has 0 aliphatic heterocycles. The van der Waals surface area contributed by atoms with Gasteiger partial charge < -0.3 is 9.47 Å². The van der Waals surface area contributed by atoms with E-state index in [2.05, 4.69) is 0 Å². The number of rotatable bonds is 6. The molecule has 0 amide bonds. The highest BCUT2D eigenvalue weighted by atomic mass is 19.4. The zero-order chi connectivity index (χ0) is 13.6. The lowest BCUT2D eigenvalue weighted by atomic mass is 10.1. The molecule has 1 aromatic carbocycles. The molecule has 0 aliphatic rings. The van der Waals surface area contributed by atoms with Gasteiger partial charge in [-0.05, 0) is 25.1 Å². The molecular formula is C12H13F3O3. The summed E-state index contributed by atoms with van der Waals surface area (Å²) in [5.41, 5.74) is -0.997. The van der Waals surface area contributed by atoms with Gasteiger partial charge in [0.05, 0.1) is 12.2 Å². The van der Waals surface area contributed by atoms with Crippen LogP contribution in [-0.4, -0.2) is 26.1 Å². The van der Waals surface area contributed by atoms with Gasteiger partial charge in [0.25, 0.3) is 0 Å². The first-order chi connectivity index (χ1) is 8.49. The maximum atomic E-state index is 12.7. The van der Waals surface area contributed by atoms with E-state index in [1.54, 1.807) is 6.92 Å². The third-order valence-corrected chi connectivity index (χ3v) is 2.13. The van der Waals surface area contributed by atoms with Crippen molar-refractivity contribution in [2.75, 3.05) is 19.8 Å². The maximum absolute atomic E-state index is 12.7. The van der Waals surface area contributed by atoms with E-state index >= 15 is 0 Å². The third-order valence-electron chi connectivity index (χ3n) is 2.13. The average Bonchev–Trinajstić information content (AvgIpc) is 2.33. The Balaban J connectivity index is 2.86. The van der Waals surface area contributed by atoms with Gasteiger partial charge in [-0.1, -0.05) is 0 Å². The van der Waals surface area contributed by atoms with Crippen molar-refractivity contribution in [3.63, 3.8) is 0 Å². The molecule has 100 valence electrons. The summed E-state index contributed by atoms with van der Waals surface area (Å²) in [5.74, 6) is -0.298. The monoisotopic (exact) mass is 262 g/mol. The SMILES string of the molecule is CCOCCOc1ccc(C=O)cc1C(F)(F)F. The van der Waals surface area contributed by atoms with Crippen molar-refractivity contribution >= 4 is 6.29 Å². The minimum Gasteiger partial charge on any atom is -0.491 e. The van der Waals surface area contributed by atoms with Crippen molar-refractivity contribution in [2.45, 2.75) is 13.1 Å². The zero-order valence-corrected chi connectivity index (χ0v) is 9.79. The van der Waals surface area contributed by atoms with Crippen LogP contribution in [0.2, 0.25) is 0 Å². The summed E-state index contributed by atoms with van der Waals surface area (Å²) >= 11 is 0. The predicted molar refractivity (Wildman–Crippen MR) is 58.8 cm³/mol. The topological polar surface area (TPSA) is 35.5 Å². The zero-order valence-electron chi connectivity index (χ0n) is 9.79. The number of halogens is 3. The van der Waals surface area contributed by atoms with Gasteiger partial charge >= 0.3 is 6.18 Å². The van der Waals surface area contributed by atoms with Crippen LogP contribution in [0.1, 0.15) is 22.8 Å². The Bertz CT molecular complexity index is 402. The van der Waals surface area contributed by atoms with Gasteiger partial charge in [-0.25, -0.2) is 0 Å². The van der Waals surface area contributed by atoms with Crippen LogP contribution in [0.3, 0.4) is 0 Å². The van der Waals surface area contributed by atoms with Crippen LogP contribution in [0.4, 0.5) is 13.2 Å². The second kappa shape index (κ2) is 6.39. The highest BCUT2D eigenvalue weighted by Gasteiger charge is 2.34. The van der Waals surface area contributed by atoms with E-state index in [4.69, 9.17) is 9.47 Å². The number of benzene rings is 1. The largest absolute Gasteiger partial charge is 0.491 e. The molecule has 0 fully saturated rings. The van der Waals surface area contributed by atoms with E-state index < -0.39 is 11.7 Å². The summed E-state index contributed by atoms with van der Waals surface area (Å²) in [6, 6.07) is 3.18. The minimum absolute atomic E-state index is 0.0252. The van der Waals surface area contributed by atoms with Crippen LogP contribution in [-0.2, 0) is 10.9 Å². The van der Waals surface area contributed by atoms with Crippen LogP contribution in [0.15, 0.2) is 18.2 Å². The molecule has 1 rings (SSSR count). The maximum Gasteiger partial charge on any atom is 0.419 e. The molecule has 0 saturated carbocycles. The summed E-state index contributed by atoms with van der Waals surface area (Å²) < 4.78 is 48.1. The predicted octanol–water partition coefficient (Wildman–Crippen LogP) is 2.93. The first-order valence-corrected chi connectivity index (χ1v) is 5.36. The standard InChI is InChI=1S/C12H13F3O3/c1-2-17-5-6-18-11-4-3-9(8-16)7-10(11)12(13,14)15/h3-4,7-8H,2,5-6H2,1H3. The molecule has 0 saturated heterocycles. The van der Waals surface area contributed by atoms with Crippen molar-refractivity contribution in [1.29, 1.82) is 0 Å². The molecule has 6 heteroatoms. The minimum atomic E-state index is -4.56. The Kier molecular flexibility index (Phi) is 5.15. The average molecular weight is 262 g/mol. The molecule has 0 radical (unpaired) electrons. The van der Waals surface area contributed by atoms with E-state index in [1.165, 1.54) is 6.07 Å². The fraction of sp³-hybridized carbons (Fsp3) is 0.417. The van der Waals surface area contributed by atoms with Crippen molar-refractivity contribution in [1.82, 2.24) is 0 Å². The number of alkyl halides is 3. The van der Waals surface area contributed by atoms with E-state index in [0.717, 1.165) is 12.1 Å². The van der Waals surface area contributed by atoms with Crippen molar-refractivity contribution in [2.24, 2.45) is 0 Å². The lowest BCUT2D eigenvalue weighted by Crippen LogP contribution is -2.12. The fourth-order valence-electron chi connectivity index (χ4n) is 1.32. The van der Waals surface area contributed by atoms with Gasteiger partial charge in [-0.3, -0.25) is 4.79 Å². The summed E-state index contributed by atoms with van der Waals surface area (Å²) in [6.45, 7) is 2.49. The molecular weight excluding hydrogens is 249 g/mol. The van der Waals surface area contributed by atoms with Crippen LogP contribution in [0.25, 0.3) is 0 Å². The number of hydrogen-bond donors (Lipinski definition) is 0. The molecule has 0 N–H and O–H groups in total. The number of hydrogen-bond acceptors (Lipinski definition) is 3. The Morgan fingerprint density at radius 2 is 2.00 bits per heavy atom. The molecule has 0 aromatic heterocycles. The van der Waals surface area contributed by atoms with E-state index in [0.29, 0.717) is 12.9 Å². The van der Waals surface area contributed by atoms with Crippen molar-refractivity contribution < 1.29 is 27.4 Å². The molecule has 0 heterocycles. The Hall–Kier alpha value is -1.56. The first-order valence-electron chi connectivity index (χ1n) is 5.36. The first kappa shape index (κ1) is 14.5. The van der Waals surface area contributed by atoms with E-state index in [-0.39, 0.29) is 24.5 Å². The third kappa shape index (κ3) is 4.03. The summed E-state index contributed by atoms with van der Waals surface area (Å²) in [5, 5.41) is 0. The lowest BCUT2D eigenvalue weighted by molar-refractivity contribution is -0.139. The smallest absolute Gasteiger partial charge is 0.419 e. The fourth-order valence-corrected chi connectivity index (χ4v) is 1.32. The second-order valence-electron chi connectivity index (χ2n) is 3.42. The lowest BCUT2D eigenvalue weighted by Gasteiger charge is -2.14.